The molecule has 1 amide bonds. The van der Waals surface area contributed by atoms with Crippen molar-refractivity contribution in [1.29, 1.82) is 5.26 Å². The standard InChI is InChI=1S/C33H38N6O5/c1-33(2,3)44-32(41)38-27(18-22-20-35-25-10-6-5-9-23(22)25)28(19-34)37-26-13-12-21(17-24(26)31(40)42-4)29-14-15-36-39(29)30-11-7-8-16-43-30/h5-6,9-10,12-15,17,20,27-28,30,35,37H,7-8,11,16,18H2,1-4H3,(H,38,41)/t27-,28?,30?/m0/s1. The van der Waals surface area contributed by atoms with E-state index in [1.165, 1.54) is 7.11 Å². The van der Waals surface area contributed by atoms with Gasteiger partial charge in [-0.3, -0.25) is 0 Å². The Balaban J connectivity index is 1.46. The van der Waals surface area contributed by atoms with Crippen molar-refractivity contribution in [1.82, 2.24) is 20.1 Å². The van der Waals surface area contributed by atoms with Gasteiger partial charge in [-0.25, -0.2) is 14.3 Å². The summed E-state index contributed by atoms with van der Waals surface area (Å²) >= 11 is 0. The number of aromatic nitrogens is 3. The highest BCUT2D eigenvalue weighted by Gasteiger charge is 2.29. The third-order valence-electron chi connectivity index (χ3n) is 7.49. The van der Waals surface area contributed by atoms with E-state index in [1.807, 2.05) is 47.3 Å². The Bertz CT molecular complexity index is 1660. The average Bonchev–Trinajstić information content (AvgIpc) is 3.67. The van der Waals surface area contributed by atoms with Gasteiger partial charge in [-0.2, -0.15) is 10.4 Å². The first-order chi connectivity index (χ1) is 21.2. The van der Waals surface area contributed by atoms with Crippen LogP contribution in [0.25, 0.3) is 22.2 Å². The number of rotatable bonds is 9. The first kappa shape index (κ1) is 30.6. The van der Waals surface area contributed by atoms with Gasteiger partial charge in [-0.1, -0.05) is 24.3 Å². The van der Waals surface area contributed by atoms with Crippen LogP contribution in [0.4, 0.5) is 10.5 Å². The fourth-order valence-electron chi connectivity index (χ4n) is 5.44. The van der Waals surface area contributed by atoms with Crippen molar-refractivity contribution in [3.05, 3.63) is 72.1 Å². The van der Waals surface area contributed by atoms with Crippen molar-refractivity contribution in [3.63, 3.8) is 0 Å². The summed E-state index contributed by atoms with van der Waals surface area (Å²) in [4.78, 5) is 29.2. The topological polar surface area (TPSA) is 143 Å². The SMILES string of the molecule is COC(=O)c1cc(-c2ccnn2C2CCCCO2)ccc1NC(C#N)[C@H](Cc1c[nH]c2ccccc12)NC(=O)OC(C)(C)C. The molecule has 0 aliphatic carbocycles. The lowest BCUT2D eigenvalue weighted by Crippen LogP contribution is -2.49. The zero-order valence-corrected chi connectivity index (χ0v) is 25.4. The third-order valence-corrected chi connectivity index (χ3v) is 7.49. The Morgan fingerprint density at radius 2 is 2.02 bits per heavy atom. The number of alkyl carbamates (subject to hydrolysis) is 1. The fourth-order valence-corrected chi connectivity index (χ4v) is 5.44. The lowest BCUT2D eigenvalue weighted by Gasteiger charge is -2.28. The molecule has 0 spiro atoms. The summed E-state index contributed by atoms with van der Waals surface area (Å²) in [6.07, 6.45) is 5.99. The lowest BCUT2D eigenvalue weighted by atomic mass is 9.98. The van der Waals surface area contributed by atoms with Gasteiger partial charge in [0.25, 0.3) is 0 Å². The molecule has 3 heterocycles. The Labute approximate surface area is 256 Å². The predicted octanol–water partition coefficient (Wildman–Crippen LogP) is 5.96. The molecule has 4 aromatic rings. The van der Waals surface area contributed by atoms with Crippen LogP contribution in [0.3, 0.4) is 0 Å². The number of benzene rings is 2. The molecule has 3 N–H and O–H groups in total. The molecule has 0 saturated carbocycles. The number of nitriles is 1. The predicted molar refractivity (Wildman–Crippen MR) is 166 cm³/mol. The third kappa shape index (κ3) is 7.03. The lowest BCUT2D eigenvalue weighted by molar-refractivity contribution is -0.0383. The number of carbonyl (C=O) groups is 2. The molecule has 2 unspecified atom stereocenters. The van der Waals surface area contributed by atoms with Crippen molar-refractivity contribution in [3.8, 4) is 17.3 Å². The highest BCUT2D eigenvalue weighted by Crippen LogP contribution is 2.31. The summed E-state index contributed by atoms with van der Waals surface area (Å²) in [5.74, 6) is -0.570. The number of hydrogen-bond acceptors (Lipinski definition) is 8. The van der Waals surface area contributed by atoms with E-state index in [4.69, 9.17) is 14.2 Å². The second-order valence-electron chi connectivity index (χ2n) is 11.8. The summed E-state index contributed by atoms with van der Waals surface area (Å²) in [6.45, 7) is 6.00. The smallest absolute Gasteiger partial charge is 0.407 e. The molecule has 11 nitrogen and oxygen atoms in total. The number of aromatic amines is 1. The number of methoxy groups -OCH3 is 1. The molecule has 0 radical (unpaired) electrons. The first-order valence-corrected chi connectivity index (χ1v) is 14.8. The van der Waals surface area contributed by atoms with Gasteiger partial charge in [0.05, 0.1) is 30.5 Å². The minimum Gasteiger partial charge on any atom is -0.465 e. The van der Waals surface area contributed by atoms with E-state index in [0.717, 1.165) is 47.0 Å². The number of amides is 1. The Morgan fingerprint density at radius 1 is 1.20 bits per heavy atom. The molecule has 230 valence electrons. The molecule has 2 aromatic heterocycles. The minimum atomic E-state index is -0.938. The molecular weight excluding hydrogens is 560 g/mol. The normalized spacial score (nSPS) is 16.5. The molecule has 1 aliphatic rings. The van der Waals surface area contributed by atoms with E-state index in [9.17, 15) is 14.9 Å². The summed E-state index contributed by atoms with van der Waals surface area (Å²) < 4.78 is 18.4. The molecule has 1 aliphatic heterocycles. The van der Waals surface area contributed by atoms with Crippen LogP contribution in [0.5, 0.6) is 0 Å². The number of fused-ring (bicyclic) bond motifs is 1. The van der Waals surface area contributed by atoms with Crippen molar-refractivity contribution in [2.75, 3.05) is 19.0 Å². The zero-order chi connectivity index (χ0) is 31.3. The second-order valence-corrected chi connectivity index (χ2v) is 11.8. The molecule has 5 rings (SSSR count). The van der Waals surface area contributed by atoms with Gasteiger partial charge in [0.2, 0.25) is 0 Å². The van der Waals surface area contributed by atoms with Crippen molar-refractivity contribution in [2.24, 2.45) is 0 Å². The number of H-pyrrole nitrogens is 1. The minimum absolute atomic E-state index is 0.180. The highest BCUT2D eigenvalue weighted by molar-refractivity contribution is 5.97. The molecule has 1 fully saturated rings. The number of para-hydroxylation sites is 1. The van der Waals surface area contributed by atoms with Crippen molar-refractivity contribution < 1.29 is 23.8 Å². The van der Waals surface area contributed by atoms with Gasteiger partial charge in [-0.15, -0.1) is 0 Å². The van der Waals surface area contributed by atoms with Gasteiger partial charge in [0.1, 0.15) is 11.6 Å². The number of hydrogen-bond donors (Lipinski definition) is 3. The second kappa shape index (κ2) is 13.2. The van der Waals surface area contributed by atoms with E-state index < -0.39 is 29.7 Å². The maximum Gasteiger partial charge on any atom is 0.407 e. The summed E-state index contributed by atoms with van der Waals surface area (Å²) in [7, 11) is 1.31. The van der Waals surface area contributed by atoms with E-state index in [0.29, 0.717) is 18.7 Å². The Kier molecular flexibility index (Phi) is 9.20. The van der Waals surface area contributed by atoms with Crippen LogP contribution in [-0.4, -0.2) is 58.2 Å². The van der Waals surface area contributed by atoms with Crippen LogP contribution in [0, 0.1) is 11.3 Å². The van der Waals surface area contributed by atoms with E-state index >= 15 is 0 Å². The van der Waals surface area contributed by atoms with Crippen molar-refractivity contribution >= 4 is 28.7 Å². The van der Waals surface area contributed by atoms with Crippen LogP contribution in [-0.2, 0) is 20.6 Å². The number of esters is 1. The van der Waals surface area contributed by atoms with Gasteiger partial charge in [0, 0.05) is 41.2 Å². The van der Waals surface area contributed by atoms with Crippen LogP contribution in [0.2, 0.25) is 0 Å². The zero-order valence-electron chi connectivity index (χ0n) is 25.4. The number of nitrogens with one attached hydrogen (secondary N) is 3. The number of carbonyl (C=O) groups excluding carboxylic acids is 2. The van der Waals surface area contributed by atoms with Crippen LogP contribution >= 0.6 is 0 Å². The highest BCUT2D eigenvalue weighted by atomic mass is 16.6. The number of ether oxygens (including phenoxy) is 3. The summed E-state index contributed by atoms with van der Waals surface area (Å²) in [5, 5.41) is 21.9. The van der Waals surface area contributed by atoms with E-state index in [1.54, 1.807) is 39.1 Å². The van der Waals surface area contributed by atoms with Gasteiger partial charge >= 0.3 is 12.1 Å². The Hall–Kier alpha value is -4.82. The van der Waals surface area contributed by atoms with Crippen LogP contribution in [0.1, 0.15) is 62.2 Å². The van der Waals surface area contributed by atoms with Crippen LogP contribution in [0.15, 0.2) is 60.9 Å². The summed E-state index contributed by atoms with van der Waals surface area (Å²) in [6, 6.07) is 15.6. The number of nitrogens with zero attached hydrogens (tertiary/aromatic N) is 3. The Morgan fingerprint density at radius 3 is 2.75 bits per heavy atom. The molecule has 44 heavy (non-hydrogen) atoms. The van der Waals surface area contributed by atoms with E-state index in [2.05, 4.69) is 26.8 Å². The first-order valence-electron chi connectivity index (χ1n) is 14.8. The van der Waals surface area contributed by atoms with E-state index in [-0.39, 0.29) is 11.8 Å². The monoisotopic (exact) mass is 598 g/mol. The molecule has 11 heteroatoms. The van der Waals surface area contributed by atoms with Gasteiger partial charge in [-0.05, 0) is 76.3 Å². The maximum atomic E-state index is 13.0. The largest absolute Gasteiger partial charge is 0.465 e. The molecule has 3 atom stereocenters. The van der Waals surface area contributed by atoms with Crippen LogP contribution < -0.4 is 10.6 Å². The molecule has 0 bridgehead atoms. The molecule has 1 saturated heterocycles. The fraction of sp³-hybridized carbons (Fsp3) is 0.394. The molecular formula is C33H38N6O5. The van der Waals surface area contributed by atoms with Gasteiger partial charge < -0.3 is 29.8 Å². The quantitative estimate of drug-likeness (QED) is 0.200. The van der Waals surface area contributed by atoms with Crippen molar-refractivity contribution in [2.45, 2.75) is 70.4 Å². The average molecular weight is 599 g/mol. The summed E-state index contributed by atoms with van der Waals surface area (Å²) in [5.41, 5.74) is 3.32. The molecule has 2 aromatic carbocycles. The van der Waals surface area contributed by atoms with Gasteiger partial charge in [0.15, 0.2) is 6.23 Å². The maximum absolute atomic E-state index is 13.0. The number of anilines is 1.